The molecule has 2 aromatic carbocycles. The molecule has 0 bridgehead atoms. The summed E-state index contributed by atoms with van der Waals surface area (Å²) in [6, 6.07) is 17.6. The van der Waals surface area contributed by atoms with Crippen LogP contribution in [0.25, 0.3) is 0 Å². The summed E-state index contributed by atoms with van der Waals surface area (Å²) in [7, 11) is 0. The number of hydrogen-bond donors (Lipinski definition) is 0. The molecule has 0 spiro atoms. The number of carbonyl (C=O) groups excluding carboxylic acids is 1. The van der Waals surface area contributed by atoms with E-state index in [9.17, 15) is 4.79 Å². The van der Waals surface area contributed by atoms with Gasteiger partial charge in [0.2, 0.25) is 0 Å². The summed E-state index contributed by atoms with van der Waals surface area (Å²) in [5.41, 5.74) is 1.99. The van der Waals surface area contributed by atoms with Gasteiger partial charge in [-0.2, -0.15) is 0 Å². The number of nitrogens with zero attached hydrogens (tertiary/aromatic N) is 2. The summed E-state index contributed by atoms with van der Waals surface area (Å²) in [6.07, 6.45) is 0. The van der Waals surface area contributed by atoms with E-state index in [1.165, 1.54) is 5.56 Å². The second-order valence-electron chi connectivity index (χ2n) is 5.56. The van der Waals surface area contributed by atoms with E-state index in [1.807, 2.05) is 23.1 Å². The van der Waals surface area contributed by atoms with Gasteiger partial charge < -0.3 is 4.90 Å². The van der Waals surface area contributed by atoms with Gasteiger partial charge in [0.05, 0.1) is 0 Å². The van der Waals surface area contributed by atoms with Crippen molar-refractivity contribution < 1.29 is 4.79 Å². The Morgan fingerprint density at radius 2 is 1.65 bits per heavy atom. The van der Waals surface area contributed by atoms with Crippen LogP contribution in [-0.2, 0) is 6.54 Å². The lowest BCUT2D eigenvalue weighted by Crippen LogP contribution is -2.48. The van der Waals surface area contributed by atoms with Crippen LogP contribution in [0.15, 0.2) is 54.6 Å². The lowest BCUT2D eigenvalue weighted by molar-refractivity contribution is 0.0628. The van der Waals surface area contributed by atoms with Crippen molar-refractivity contribution in [2.75, 3.05) is 26.2 Å². The molecule has 1 saturated heterocycles. The normalized spacial score (nSPS) is 15.1. The third kappa shape index (κ3) is 4.71. The van der Waals surface area contributed by atoms with E-state index in [1.54, 1.807) is 12.1 Å². The zero-order chi connectivity index (χ0) is 15.4. The number of amides is 1. The molecule has 1 aliphatic rings. The molecule has 23 heavy (non-hydrogen) atoms. The molecule has 0 atom stereocenters. The van der Waals surface area contributed by atoms with Crippen molar-refractivity contribution in [3.8, 4) is 0 Å². The van der Waals surface area contributed by atoms with Gasteiger partial charge in [0, 0.05) is 43.3 Å². The molecule has 3 nitrogen and oxygen atoms in total. The highest BCUT2D eigenvalue weighted by Crippen LogP contribution is 2.15. The molecule has 0 radical (unpaired) electrons. The second kappa shape index (κ2) is 8.34. The van der Waals surface area contributed by atoms with Crippen LogP contribution in [0.5, 0.6) is 0 Å². The van der Waals surface area contributed by atoms with Crippen molar-refractivity contribution in [3.05, 3.63) is 70.7 Å². The van der Waals surface area contributed by atoms with E-state index < -0.39 is 0 Å². The third-order valence-electron chi connectivity index (χ3n) is 3.98. The van der Waals surface area contributed by atoms with E-state index in [4.69, 9.17) is 11.6 Å². The predicted molar refractivity (Wildman–Crippen MR) is 96.3 cm³/mol. The number of benzene rings is 2. The lowest BCUT2D eigenvalue weighted by Gasteiger charge is -2.34. The van der Waals surface area contributed by atoms with Crippen LogP contribution in [-0.4, -0.2) is 41.9 Å². The van der Waals surface area contributed by atoms with Gasteiger partial charge in [-0.15, -0.1) is 12.4 Å². The number of halogens is 2. The topological polar surface area (TPSA) is 23.6 Å². The highest BCUT2D eigenvalue weighted by atomic mass is 35.5. The SMILES string of the molecule is Cl.O=C(c1cccc(Cl)c1)N1CCN(Cc2ccccc2)CC1. The quantitative estimate of drug-likeness (QED) is 0.842. The van der Waals surface area contributed by atoms with Gasteiger partial charge in [-0.3, -0.25) is 9.69 Å². The summed E-state index contributed by atoms with van der Waals surface area (Å²) >= 11 is 5.96. The van der Waals surface area contributed by atoms with Crippen molar-refractivity contribution in [3.63, 3.8) is 0 Å². The largest absolute Gasteiger partial charge is 0.336 e. The van der Waals surface area contributed by atoms with Crippen molar-refractivity contribution >= 4 is 29.9 Å². The van der Waals surface area contributed by atoms with Gasteiger partial charge in [-0.25, -0.2) is 0 Å². The average Bonchev–Trinajstić information content (AvgIpc) is 2.56. The van der Waals surface area contributed by atoms with Crippen LogP contribution in [0.1, 0.15) is 15.9 Å². The maximum absolute atomic E-state index is 12.5. The number of rotatable bonds is 3. The number of hydrogen-bond acceptors (Lipinski definition) is 2. The molecule has 1 amide bonds. The first-order valence-corrected chi connectivity index (χ1v) is 7.91. The first-order chi connectivity index (χ1) is 10.7. The molecule has 1 aliphatic heterocycles. The van der Waals surface area contributed by atoms with Crippen molar-refractivity contribution in [2.24, 2.45) is 0 Å². The molecule has 0 aromatic heterocycles. The zero-order valence-corrected chi connectivity index (χ0v) is 14.4. The molecule has 1 fully saturated rings. The average molecular weight is 351 g/mol. The van der Waals surface area contributed by atoms with Crippen LogP contribution in [0.2, 0.25) is 5.02 Å². The standard InChI is InChI=1S/C18H19ClN2O.ClH/c19-17-8-4-7-16(13-17)18(22)21-11-9-20(10-12-21)14-15-5-2-1-3-6-15;/h1-8,13H,9-12,14H2;1H. The van der Waals surface area contributed by atoms with E-state index in [-0.39, 0.29) is 18.3 Å². The minimum absolute atomic E-state index is 0. The summed E-state index contributed by atoms with van der Waals surface area (Å²) < 4.78 is 0. The van der Waals surface area contributed by atoms with Crippen LogP contribution in [0, 0.1) is 0 Å². The molecule has 0 aliphatic carbocycles. The van der Waals surface area contributed by atoms with Crippen molar-refractivity contribution in [1.29, 1.82) is 0 Å². The highest BCUT2D eigenvalue weighted by molar-refractivity contribution is 6.30. The zero-order valence-electron chi connectivity index (χ0n) is 12.8. The molecule has 122 valence electrons. The number of piperazine rings is 1. The summed E-state index contributed by atoms with van der Waals surface area (Å²) in [4.78, 5) is 16.8. The Bertz CT molecular complexity index is 640. The summed E-state index contributed by atoms with van der Waals surface area (Å²) in [5.74, 6) is 0.0712. The maximum Gasteiger partial charge on any atom is 0.253 e. The van der Waals surface area contributed by atoms with Crippen molar-refractivity contribution in [2.45, 2.75) is 6.54 Å². The Labute approximate surface area is 148 Å². The minimum atomic E-state index is 0. The molecule has 0 saturated carbocycles. The fourth-order valence-corrected chi connectivity index (χ4v) is 2.95. The van der Waals surface area contributed by atoms with Gasteiger partial charge in [-0.05, 0) is 23.8 Å². The fraction of sp³-hybridized carbons (Fsp3) is 0.278. The van der Waals surface area contributed by atoms with Crippen molar-refractivity contribution in [1.82, 2.24) is 9.80 Å². The predicted octanol–water partition coefficient (Wildman–Crippen LogP) is 3.72. The maximum atomic E-state index is 12.5. The lowest BCUT2D eigenvalue weighted by atomic mass is 10.1. The molecule has 0 N–H and O–H groups in total. The Hall–Kier alpha value is -1.55. The Morgan fingerprint density at radius 1 is 0.957 bits per heavy atom. The molecule has 1 heterocycles. The van der Waals surface area contributed by atoms with E-state index >= 15 is 0 Å². The highest BCUT2D eigenvalue weighted by Gasteiger charge is 2.22. The van der Waals surface area contributed by atoms with Gasteiger partial charge in [-0.1, -0.05) is 48.0 Å². The van der Waals surface area contributed by atoms with Gasteiger partial charge in [0.25, 0.3) is 5.91 Å². The Kier molecular flexibility index (Phi) is 6.46. The van der Waals surface area contributed by atoms with Crippen LogP contribution in [0.4, 0.5) is 0 Å². The monoisotopic (exact) mass is 350 g/mol. The Balaban J connectivity index is 0.00000192. The molecule has 0 unspecified atom stereocenters. The first kappa shape index (κ1) is 17.8. The van der Waals surface area contributed by atoms with E-state index in [2.05, 4.69) is 29.2 Å². The van der Waals surface area contributed by atoms with E-state index in [0.717, 1.165) is 32.7 Å². The first-order valence-electron chi connectivity index (χ1n) is 7.53. The van der Waals surface area contributed by atoms with Crippen LogP contribution < -0.4 is 0 Å². The van der Waals surface area contributed by atoms with Gasteiger partial charge in [0.1, 0.15) is 0 Å². The second-order valence-corrected chi connectivity index (χ2v) is 6.00. The molecular weight excluding hydrogens is 331 g/mol. The summed E-state index contributed by atoms with van der Waals surface area (Å²) in [5, 5.41) is 0.605. The Morgan fingerprint density at radius 3 is 2.30 bits per heavy atom. The molecule has 3 rings (SSSR count). The molecular formula is C18H20Cl2N2O. The summed E-state index contributed by atoms with van der Waals surface area (Å²) in [6.45, 7) is 4.28. The smallest absolute Gasteiger partial charge is 0.253 e. The fourth-order valence-electron chi connectivity index (χ4n) is 2.75. The van der Waals surface area contributed by atoms with Crippen LogP contribution in [0.3, 0.4) is 0 Å². The van der Waals surface area contributed by atoms with Gasteiger partial charge in [0.15, 0.2) is 0 Å². The third-order valence-corrected chi connectivity index (χ3v) is 4.22. The molecule has 5 heteroatoms. The minimum Gasteiger partial charge on any atom is -0.336 e. The van der Waals surface area contributed by atoms with Crippen LogP contribution >= 0.6 is 24.0 Å². The van der Waals surface area contributed by atoms with E-state index in [0.29, 0.717) is 10.6 Å². The number of carbonyl (C=O) groups is 1. The van der Waals surface area contributed by atoms with Gasteiger partial charge >= 0.3 is 0 Å². The molecule has 2 aromatic rings.